The fraction of sp³-hybridized carbons (Fsp3) is 0.762. The molecule has 132 valence electrons. The molecule has 0 saturated heterocycles. The lowest BCUT2D eigenvalue weighted by molar-refractivity contribution is -0.119. The summed E-state index contributed by atoms with van der Waals surface area (Å²) in [5, 5.41) is 20.6. The highest BCUT2D eigenvalue weighted by atomic mass is 16.3. The van der Waals surface area contributed by atoms with Crippen molar-refractivity contribution in [1.29, 1.82) is 0 Å². The van der Waals surface area contributed by atoms with Gasteiger partial charge < -0.3 is 10.2 Å². The van der Waals surface area contributed by atoms with Gasteiger partial charge in [-0.25, -0.2) is 0 Å². The lowest BCUT2D eigenvalue weighted by atomic mass is 9.47. The molecule has 0 unspecified atom stereocenters. The van der Waals surface area contributed by atoms with Crippen molar-refractivity contribution < 1.29 is 15.0 Å². The van der Waals surface area contributed by atoms with Gasteiger partial charge in [-0.3, -0.25) is 4.79 Å². The summed E-state index contributed by atoms with van der Waals surface area (Å²) in [6.07, 6.45) is 11.5. The van der Waals surface area contributed by atoms with E-state index in [0.717, 1.165) is 25.7 Å². The number of aliphatic hydroxyl groups excluding tert-OH is 2. The normalized spacial score (nSPS) is 50.1. The van der Waals surface area contributed by atoms with Gasteiger partial charge in [0, 0.05) is 17.9 Å². The summed E-state index contributed by atoms with van der Waals surface area (Å²) in [5.74, 6) is 2.04. The first kappa shape index (κ1) is 16.5. The van der Waals surface area contributed by atoms with Crippen LogP contribution in [0.3, 0.4) is 0 Å². The Morgan fingerprint density at radius 3 is 2.79 bits per heavy atom. The van der Waals surface area contributed by atoms with Gasteiger partial charge in [-0.05, 0) is 73.8 Å². The second-order valence-corrected chi connectivity index (χ2v) is 9.09. The van der Waals surface area contributed by atoms with Crippen molar-refractivity contribution in [3.8, 4) is 0 Å². The minimum Gasteiger partial charge on any atom is -0.396 e. The minimum absolute atomic E-state index is 0.0972. The second kappa shape index (κ2) is 5.54. The molecule has 3 fully saturated rings. The third kappa shape index (κ3) is 2.13. The van der Waals surface area contributed by atoms with E-state index in [0.29, 0.717) is 17.8 Å². The Labute approximate surface area is 144 Å². The van der Waals surface area contributed by atoms with Crippen LogP contribution in [-0.2, 0) is 4.79 Å². The third-order valence-corrected chi connectivity index (χ3v) is 8.17. The quantitative estimate of drug-likeness (QED) is 0.817. The second-order valence-electron chi connectivity index (χ2n) is 9.09. The largest absolute Gasteiger partial charge is 0.396 e. The summed E-state index contributed by atoms with van der Waals surface area (Å²) in [6.45, 7) is 4.84. The van der Waals surface area contributed by atoms with Crippen LogP contribution in [0.25, 0.3) is 0 Å². The van der Waals surface area contributed by atoms with E-state index in [1.165, 1.54) is 18.4 Å². The number of carbonyl (C=O) groups excluding carboxylic acids is 1. The van der Waals surface area contributed by atoms with E-state index in [1.54, 1.807) is 6.08 Å². The van der Waals surface area contributed by atoms with Crippen LogP contribution in [-0.4, -0.2) is 28.7 Å². The molecule has 2 N–H and O–H groups in total. The Balaban J connectivity index is 1.70. The Bertz CT molecular complexity index is 606. The summed E-state index contributed by atoms with van der Waals surface area (Å²) < 4.78 is 0. The van der Waals surface area contributed by atoms with E-state index in [-0.39, 0.29) is 35.2 Å². The number of rotatable bonds is 2. The molecule has 7 atom stereocenters. The van der Waals surface area contributed by atoms with Gasteiger partial charge in [-0.2, -0.15) is 0 Å². The number of hydrogen-bond donors (Lipinski definition) is 2. The molecule has 0 amide bonds. The molecule has 0 heterocycles. The molecule has 3 saturated carbocycles. The van der Waals surface area contributed by atoms with E-state index in [9.17, 15) is 15.0 Å². The molecule has 0 aromatic carbocycles. The van der Waals surface area contributed by atoms with E-state index >= 15 is 0 Å². The number of allylic oxidation sites excluding steroid dienone is 4. The molecule has 0 aromatic heterocycles. The molecular weight excluding hydrogens is 300 g/mol. The number of hydrogen-bond acceptors (Lipinski definition) is 3. The fourth-order valence-corrected chi connectivity index (χ4v) is 7.06. The smallest absolute Gasteiger partial charge is 0.178 e. The zero-order chi connectivity index (χ0) is 17.1. The summed E-state index contributed by atoms with van der Waals surface area (Å²) in [6, 6.07) is 0. The molecule has 3 heteroatoms. The van der Waals surface area contributed by atoms with Crippen molar-refractivity contribution in [2.24, 2.45) is 34.5 Å². The highest BCUT2D eigenvalue weighted by Gasteiger charge is 2.61. The maximum absolute atomic E-state index is 11.8. The molecule has 4 aliphatic carbocycles. The van der Waals surface area contributed by atoms with Crippen LogP contribution in [0, 0.1) is 34.5 Å². The maximum atomic E-state index is 11.8. The van der Waals surface area contributed by atoms with Crippen molar-refractivity contribution in [2.75, 3.05) is 6.61 Å². The first-order valence-electron chi connectivity index (χ1n) is 9.63. The van der Waals surface area contributed by atoms with Gasteiger partial charge >= 0.3 is 0 Å². The fourth-order valence-electron chi connectivity index (χ4n) is 7.06. The predicted octanol–water partition coefficient (Wildman–Crippen LogP) is 3.26. The van der Waals surface area contributed by atoms with Crippen molar-refractivity contribution >= 4 is 5.78 Å². The Morgan fingerprint density at radius 1 is 1.25 bits per heavy atom. The number of aliphatic hydroxyl groups is 2. The number of carbonyl (C=O) groups is 1. The van der Waals surface area contributed by atoms with Gasteiger partial charge in [0.15, 0.2) is 5.78 Å². The van der Waals surface area contributed by atoms with E-state index in [2.05, 4.69) is 19.9 Å². The zero-order valence-corrected chi connectivity index (χ0v) is 14.9. The van der Waals surface area contributed by atoms with Gasteiger partial charge in [-0.1, -0.05) is 25.5 Å². The monoisotopic (exact) mass is 330 g/mol. The van der Waals surface area contributed by atoms with Crippen molar-refractivity contribution in [2.45, 2.75) is 58.5 Å². The van der Waals surface area contributed by atoms with Crippen LogP contribution in [0.5, 0.6) is 0 Å². The zero-order valence-electron chi connectivity index (χ0n) is 14.9. The SMILES string of the molecule is C[C@]12C[C@H](O)[C@H]3[C@@H](CCC4=CC(=O)C=C[C@@]43C)[C@@H]1CC[C@@H]2CCO. The summed E-state index contributed by atoms with van der Waals surface area (Å²) in [5.41, 5.74) is 1.23. The molecule has 0 bridgehead atoms. The average molecular weight is 330 g/mol. The lowest BCUT2D eigenvalue weighted by Gasteiger charge is -2.59. The van der Waals surface area contributed by atoms with Crippen molar-refractivity contribution in [3.05, 3.63) is 23.8 Å². The first-order chi connectivity index (χ1) is 11.4. The first-order valence-corrected chi connectivity index (χ1v) is 9.63. The Hall–Kier alpha value is -0.930. The summed E-state index contributed by atoms with van der Waals surface area (Å²) >= 11 is 0. The van der Waals surface area contributed by atoms with Gasteiger partial charge in [-0.15, -0.1) is 0 Å². The molecule has 0 spiro atoms. The van der Waals surface area contributed by atoms with E-state index in [4.69, 9.17) is 0 Å². The van der Waals surface area contributed by atoms with Crippen LogP contribution < -0.4 is 0 Å². The molecule has 3 nitrogen and oxygen atoms in total. The standard InChI is InChI=1S/C21H30O3/c1-20-9-7-15(23)11-14(20)3-5-16-17-6-4-13(8-10-22)21(17,2)12-18(24)19(16)20/h7,9,11,13,16-19,22,24H,3-6,8,10,12H2,1-2H3/t13-,16+,17+,18+,19-,20+,21-/m1/s1. The van der Waals surface area contributed by atoms with Crippen LogP contribution in [0.4, 0.5) is 0 Å². The molecule has 0 radical (unpaired) electrons. The third-order valence-electron chi connectivity index (χ3n) is 8.17. The van der Waals surface area contributed by atoms with E-state index in [1.807, 2.05) is 6.08 Å². The predicted molar refractivity (Wildman–Crippen MR) is 93.2 cm³/mol. The van der Waals surface area contributed by atoms with Gasteiger partial charge in [0.05, 0.1) is 6.10 Å². The number of ketones is 1. The summed E-state index contributed by atoms with van der Waals surface area (Å²) in [4.78, 5) is 11.8. The van der Waals surface area contributed by atoms with Gasteiger partial charge in [0.2, 0.25) is 0 Å². The maximum Gasteiger partial charge on any atom is 0.178 e. The average Bonchev–Trinajstić information content (AvgIpc) is 2.84. The minimum atomic E-state index is -0.318. The van der Waals surface area contributed by atoms with Crippen molar-refractivity contribution in [1.82, 2.24) is 0 Å². The van der Waals surface area contributed by atoms with Crippen molar-refractivity contribution in [3.63, 3.8) is 0 Å². The van der Waals surface area contributed by atoms with Crippen LogP contribution in [0.15, 0.2) is 23.8 Å². The molecule has 0 aliphatic heterocycles. The van der Waals surface area contributed by atoms with E-state index < -0.39 is 0 Å². The Kier molecular flexibility index (Phi) is 3.81. The Morgan fingerprint density at radius 2 is 2.04 bits per heavy atom. The molecule has 4 aliphatic rings. The number of fused-ring (bicyclic) bond motifs is 5. The molecule has 4 rings (SSSR count). The summed E-state index contributed by atoms with van der Waals surface area (Å²) in [7, 11) is 0. The van der Waals surface area contributed by atoms with Gasteiger partial charge in [0.1, 0.15) is 0 Å². The lowest BCUT2D eigenvalue weighted by Crippen LogP contribution is -2.55. The molecule has 24 heavy (non-hydrogen) atoms. The molecule has 0 aromatic rings. The van der Waals surface area contributed by atoms with Gasteiger partial charge in [0.25, 0.3) is 0 Å². The van der Waals surface area contributed by atoms with Crippen LogP contribution >= 0.6 is 0 Å². The van der Waals surface area contributed by atoms with Crippen LogP contribution in [0.2, 0.25) is 0 Å². The molecular formula is C21H30O3. The highest BCUT2D eigenvalue weighted by Crippen LogP contribution is 2.66. The highest BCUT2D eigenvalue weighted by molar-refractivity contribution is 6.01. The topological polar surface area (TPSA) is 57.5 Å². The van der Waals surface area contributed by atoms with Crippen LogP contribution in [0.1, 0.15) is 52.4 Å².